The summed E-state index contributed by atoms with van der Waals surface area (Å²) in [6.07, 6.45) is -0.935. The second-order valence-corrected chi connectivity index (χ2v) is 6.86. The molecular weight excluding hydrogens is 359 g/mol. The van der Waals surface area contributed by atoms with Crippen LogP contribution in [0.3, 0.4) is 0 Å². The first-order valence-electron chi connectivity index (χ1n) is 8.56. The Hall–Kier alpha value is -2.77. The van der Waals surface area contributed by atoms with E-state index in [1.54, 1.807) is 24.1 Å². The van der Waals surface area contributed by atoms with Gasteiger partial charge in [-0.05, 0) is 32.4 Å². The number of alkyl halides is 3. The molecule has 1 aliphatic rings. The molecule has 27 heavy (non-hydrogen) atoms. The van der Waals surface area contributed by atoms with E-state index in [4.69, 9.17) is 0 Å². The van der Waals surface area contributed by atoms with Crippen LogP contribution in [0.25, 0.3) is 11.0 Å². The molecule has 0 spiro atoms. The van der Waals surface area contributed by atoms with E-state index in [2.05, 4.69) is 4.98 Å². The maximum atomic E-state index is 12.8. The Bertz CT molecular complexity index is 996. The third-order valence-electron chi connectivity index (χ3n) is 4.77. The Labute approximate surface area is 153 Å². The highest BCUT2D eigenvalue weighted by atomic mass is 19.4. The molecule has 0 fully saturated rings. The molecule has 0 bridgehead atoms. The van der Waals surface area contributed by atoms with Crippen molar-refractivity contribution in [1.29, 1.82) is 0 Å². The number of carbonyl (C=O) groups is 1. The monoisotopic (exact) mass is 379 g/mol. The second kappa shape index (κ2) is 6.75. The molecule has 1 aliphatic carbocycles. The van der Waals surface area contributed by atoms with E-state index < -0.39 is 17.8 Å². The number of halogens is 3. The van der Waals surface area contributed by atoms with Crippen LogP contribution in [0.4, 0.5) is 13.2 Å². The zero-order valence-corrected chi connectivity index (χ0v) is 15.2. The second-order valence-electron chi connectivity index (χ2n) is 6.86. The molecule has 0 saturated carbocycles. The first-order chi connectivity index (χ1) is 12.6. The first-order valence-corrected chi connectivity index (χ1v) is 8.56. The lowest BCUT2D eigenvalue weighted by molar-refractivity contribution is -0.0887. The summed E-state index contributed by atoms with van der Waals surface area (Å²) >= 11 is 0. The summed E-state index contributed by atoms with van der Waals surface area (Å²) in [6.45, 7) is 3.77. The largest absolute Gasteiger partial charge is 0.416 e. The standard InChI is InChI=1S/C19H20F3N3O2/c1-11(2)24(3)18(27)15-10-12-4-9-16(26)25(17(12)23-15)14-7-5-13(6-8-14)19(20,21)22/h4-7,9-11,14,23H,8H2,1-3H3. The summed E-state index contributed by atoms with van der Waals surface area (Å²) in [4.78, 5) is 29.5. The number of nitrogens with one attached hydrogen (secondary N) is 1. The lowest BCUT2D eigenvalue weighted by atomic mass is 10.0. The number of hydrogen-bond donors (Lipinski definition) is 1. The highest BCUT2D eigenvalue weighted by molar-refractivity contribution is 5.97. The van der Waals surface area contributed by atoms with Crippen molar-refractivity contribution in [2.24, 2.45) is 0 Å². The van der Waals surface area contributed by atoms with E-state index in [1.165, 1.54) is 16.7 Å². The van der Waals surface area contributed by atoms with Crippen LogP contribution in [0.5, 0.6) is 0 Å². The predicted molar refractivity (Wildman–Crippen MR) is 96.7 cm³/mol. The van der Waals surface area contributed by atoms with Gasteiger partial charge in [0.15, 0.2) is 0 Å². The Kier molecular flexibility index (Phi) is 4.75. The van der Waals surface area contributed by atoms with E-state index >= 15 is 0 Å². The number of rotatable bonds is 3. The van der Waals surface area contributed by atoms with Crippen molar-refractivity contribution in [2.75, 3.05) is 7.05 Å². The molecule has 5 nitrogen and oxygen atoms in total. The molecule has 2 aromatic rings. The summed E-state index contributed by atoms with van der Waals surface area (Å²) in [5, 5.41) is 0.647. The van der Waals surface area contributed by atoms with Gasteiger partial charge >= 0.3 is 6.18 Å². The van der Waals surface area contributed by atoms with E-state index in [9.17, 15) is 22.8 Å². The fraction of sp³-hybridized carbons (Fsp3) is 0.368. The van der Waals surface area contributed by atoms with Crippen molar-refractivity contribution in [1.82, 2.24) is 14.5 Å². The Balaban J connectivity index is 2.01. The van der Waals surface area contributed by atoms with Gasteiger partial charge in [-0.2, -0.15) is 13.2 Å². The lowest BCUT2D eigenvalue weighted by Gasteiger charge is -2.21. The summed E-state index contributed by atoms with van der Waals surface area (Å²) in [5.41, 5.74) is -0.327. The zero-order chi connectivity index (χ0) is 19.9. The highest BCUT2D eigenvalue weighted by Gasteiger charge is 2.33. The van der Waals surface area contributed by atoms with Crippen LogP contribution < -0.4 is 5.56 Å². The van der Waals surface area contributed by atoms with Gasteiger partial charge in [0.1, 0.15) is 11.3 Å². The Morgan fingerprint density at radius 3 is 2.59 bits per heavy atom. The predicted octanol–water partition coefficient (Wildman–Crippen LogP) is 3.80. The van der Waals surface area contributed by atoms with Gasteiger partial charge < -0.3 is 9.88 Å². The van der Waals surface area contributed by atoms with Crippen LogP contribution in [-0.4, -0.2) is 39.6 Å². The molecule has 0 saturated heterocycles. The number of hydrogen-bond acceptors (Lipinski definition) is 2. The van der Waals surface area contributed by atoms with Crippen LogP contribution in [0, 0.1) is 0 Å². The van der Waals surface area contributed by atoms with Gasteiger partial charge in [0.25, 0.3) is 11.5 Å². The van der Waals surface area contributed by atoms with Crippen molar-refractivity contribution < 1.29 is 18.0 Å². The normalized spacial score (nSPS) is 17.4. The van der Waals surface area contributed by atoms with Crippen LogP contribution in [0.15, 0.2) is 46.8 Å². The third kappa shape index (κ3) is 3.56. The fourth-order valence-electron chi connectivity index (χ4n) is 3.02. The molecule has 1 atom stereocenters. The van der Waals surface area contributed by atoms with Crippen LogP contribution in [0.1, 0.15) is 36.8 Å². The number of amides is 1. The van der Waals surface area contributed by atoms with Gasteiger partial charge in [0, 0.05) is 24.5 Å². The smallest absolute Gasteiger partial charge is 0.338 e. The molecular formula is C19H20F3N3O2. The SMILES string of the molecule is CC(C)N(C)C(=O)c1cc2ccc(=O)n(C3C=CC(C(F)(F)F)=CC3)c2[nH]1. The number of H-pyrrole nitrogens is 1. The van der Waals surface area contributed by atoms with E-state index in [1.807, 2.05) is 13.8 Å². The van der Waals surface area contributed by atoms with Crippen molar-refractivity contribution in [2.45, 2.75) is 38.5 Å². The number of nitrogens with zero attached hydrogens (tertiary/aromatic N) is 2. The van der Waals surface area contributed by atoms with Gasteiger partial charge in [0.05, 0.1) is 11.6 Å². The van der Waals surface area contributed by atoms with Crippen molar-refractivity contribution >= 4 is 16.9 Å². The maximum Gasteiger partial charge on any atom is 0.416 e. The summed E-state index contributed by atoms with van der Waals surface area (Å²) in [6, 6.07) is 4.04. The van der Waals surface area contributed by atoms with Gasteiger partial charge in [-0.15, -0.1) is 0 Å². The molecule has 3 rings (SSSR count). The molecule has 144 valence electrons. The number of aromatic nitrogens is 2. The maximum absolute atomic E-state index is 12.8. The fourth-order valence-corrected chi connectivity index (χ4v) is 3.02. The van der Waals surface area contributed by atoms with Crippen molar-refractivity contribution in [3.05, 3.63) is 58.0 Å². The van der Waals surface area contributed by atoms with Crippen molar-refractivity contribution in [3.8, 4) is 0 Å². The Morgan fingerprint density at radius 2 is 2.04 bits per heavy atom. The molecule has 0 radical (unpaired) electrons. The summed E-state index contributed by atoms with van der Waals surface area (Å²) in [5.74, 6) is -0.223. The molecule has 0 aliphatic heterocycles. The molecule has 2 heterocycles. The van der Waals surface area contributed by atoms with Gasteiger partial charge in [-0.3, -0.25) is 14.2 Å². The molecule has 1 N–H and O–H groups in total. The quantitative estimate of drug-likeness (QED) is 0.882. The molecule has 0 aromatic carbocycles. The van der Waals surface area contributed by atoms with Crippen molar-refractivity contribution in [3.63, 3.8) is 0 Å². The summed E-state index contributed by atoms with van der Waals surface area (Å²) < 4.78 is 39.8. The van der Waals surface area contributed by atoms with Crippen LogP contribution in [0.2, 0.25) is 0 Å². The number of aromatic amines is 1. The van der Waals surface area contributed by atoms with Gasteiger partial charge in [0.2, 0.25) is 0 Å². The third-order valence-corrected chi connectivity index (χ3v) is 4.77. The van der Waals surface area contributed by atoms with Crippen LogP contribution in [-0.2, 0) is 0 Å². The van der Waals surface area contributed by atoms with E-state index in [0.717, 1.165) is 12.2 Å². The van der Waals surface area contributed by atoms with Crippen LogP contribution >= 0.6 is 0 Å². The minimum Gasteiger partial charge on any atom is -0.338 e. The average Bonchev–Trinajstić information content (AvgIpc) is 3.03. The van der Waals surface area contributed by atoms with Gasteiger partial charge in [-0.1, -0.05) is 18.2 Å². The molecule has 1 amide bonds. The average molecular weight is 379 g/mol. The lowest BCUT2D eigenvalue weighted by Crippen LogP contribution is -2.33. The zero-order valence-electron chi connectivity index (χ0n) is 15.2. The van der Waals surface area contributed by atoms with Gasteiger partial charge in [-0.25, -0.2) is 0 Å². The molecule has 8 heteroatoms. The minimum absolute atomic E-state index is 0.00157. The topological polar surface area (TPSA) is 58.1 Å². The van der Waals surface area contributed by atoms with E-state index in [-0.39, 0.29) is 23.9 Å². The molecule has 1 unspecified atom stereocenters. The number of pyridine rings is 1. The first kappa shape index (κ1) is 19.0. The van der Waals surface area contributed by atoms with E-state index in [0.29, 0.717) is 16.7 Å². The number of allylic oxidation sites excluding steroid dienone is 4. The number of fused-ring (bicyclic) bond motifs is 1. The number of carbonyl (C=O) groups excluding carboxylic acids is 1. The highest BCUT2D eigenvalue weighted by Crippen LogP contribution is 2.32. The minimum atomic E-state index is -4.41. The Morgan fingerprint density at radius 1 is 1.33 bits per heavy atom. The summed E-state index contributed by atoms with van der Waals surface area (Å²) in [7, 11) is 1.68. The molecule has 2 aromatic heterocycles.